The average Bonchev–Trinajstić information content (AvgIpc) is 3.16. The summed E-state index contributed by atoms with van der Waals surface area (Å²) in [7, 11) is 0. The smallest absolute Gasteiger partial charge is 0.191 e. The van der Waals surface area contributed by atoms with Crippen LogP contribution < -0.4 is 10.6 Å². The Morgan fingerprint density at radius 2 is 2.04 bits per heavy atom. The number of nitrogens with zero attached hydrogens (tertiary/aromatic N) is 1. The molecule has 1 aromatic carbocycles. The van der Waals surface area contributed by atoms with Gasteiger partial charge in [-0.3, -0.25) is 4.99 Å². The Bertz CT molecular complexity index is 531. The van der Waals surface area contributed by atoms with Crippen molar-refractivity contribution >= 4 is 29.9 Å². The van der Waals surface area contributed by atoms with Crippen molar-refractivity contribution in [1.82, 2.24) is 10.6 Å². The first-order valence-electron chi connectivity index (χ1n) is 9.85. The van der Waals surface area contributed by atoms with E-state index in [1.807, 2.05) is 0 Å². The first-order chi connectivity index (χ1) is 12.6. The fraction of sp³-hybridized carbons (Fsp3) is 0.667. The molecular weight excluding hydrogens is 453 g/mol. The largest absolute Gasteiger partial charge is 0.381 e. The summed E-state index contributed by atoms with van der Waals surface area (Å²) in [6.07, 6.45) is 2.10. The van der Waals surface area contributed by atoms with Crippen LogP contribution in [0.25, 0.3) is 0 Å². The second-order valence-electron chi connectivity index (χ2n) is 7.53. The van der Waals surface area contributed by atoms with Gasteiger partial charge in [0.1, 0.15) is 0 Å². The normalized spacial score (nSPS) is 17.4. The van der Waals surface area contributed by atoms with E-state index in [4.69, 9.17) is 14.5 Å². The molecule has 0 amide bonds. The van der Waals surface area contributed by atoms with Gasteiger partial charge in [-0.15, -0.1) is 24.0 Å². The van der Waals surface area contributed by atoms with E-state index in [2.05, 4.69) is 61.7 Å². The van der Waals surface area contributed by atoms with E-state index in [1.54, 1.807) is 0 Å². The Labute approximate surface area is 181 Å². The quantitative estimate of drug-likeness (QED) is 0.228. The number of aliphatic imine (C=N–C) groups is 1. The van der Waals surface area contributed by atoms with Crippen molar-refractivity contribution in [3.8, 4) is 0 Å². The van der Waals surface area contributed by atoms with Gasteiger partial charge in [-0.05, 0) is 25.3 Å². The number of benzene rings is 1. The zero-order valence-corrected chi connectivity index (χ0v) is 19.3. The molecule has 0 aliphatic carbocycles. The second-order valence-corrected chi connectivity index (χ2v) is 7.53. The molecule has 5 nitrogen and oxygen atoms in total. The lowest BCUT2D eigenvalue weighted by Crippen LogP contribution is -2.39. The highest BCUT2D eigenvalue weighted by Crippen LogP contribution is 2.22. The third-order valence-corrected chi connectivity index (χ3v) is 4.67. The standard InChI is InChI=1S/C21H35N3O2.HI/c1-4-22-20(23-12-8-13-25-15-18-11-14-26-16-18)24-17-21(2,3)19-9-6-5-7-10-19;/h5-7,9-10,18H,4,8,11-17H2,1-3H3,(H2,22,23,24);1H. The first kappa shape index (κ1) is 24.2. The number of nitrogens with one attached hydrogen (secondary N) is 2. The lowest BCUT2D eigenvalue weighted by Gasteiger charge is -2.24. The minimum Gasteiger partial charge on any atom is -0.381 e. The Balaban J connectivity index is 0.00000364. The topological polar surface area (TPSA) is 54.9 Å². The van der Waals surface area contributed by atoms with Gasteiger partial charge in [-0.25, -0.2) is 0 Å². The summed E-state index contributed by atoms with van der Waals surface area (Å²) < 4.78 is 11.1. The van der Waals surface area contributed by atoms with Gasteiger partial charge < -0.3 is 20.1 Å². The molecule has 1 atom stereocenters. The number of guanidine groups is 1. The van der Waals surface area contributed by atoms with Crippen LogP contribution in [0.3, 0.4) is 0 Å². The summed E-state index contributed by atoms with van der Waals surface area (Å²) in [6.45, 7) is 12.3. The number of ether oxygens (including phenoxy) is 2. The molecule has 1 heterocycles. The molecule has 0 aromatic heterocycles. The van der Waals surface area contributed by atoms with Crippen LogP contribution in [0.15, 0.2) is 35.3 Å². The lowest BCUT2D eigenvalue weighted by molar-refractivity contribution is 0.0888. The third kappa shape index (κ3) is 9.25. The van der Waals surface area contributed by atoms with Gasteiger partial charge in [-0.2, -0.15) is 0 Å². The third-order valence-electron chi connectivity index (χ3n) is 4.67. The SMILES string of the molecule is CCNC(=NCC(C)(C)c1ccccc1)NCCCOCC1CCOC1.I. The molecule has 0 saturated carbocycles. The van der Waals surface area contributed by atoms with E-state index in [-0.39, 0.29) is 29.4 Å². The highest BCUT2D eigenvalue weighted by atomic mass is 127. The van der Waals surface area contributed by atoms with Crippen molar-refractivity contribution in [2.75, 3.05) is 46.1 Å². The van der Waals surface area contributed by atoms with Crippen molar-refractivity contribution in [2.24, 2.45) is 10.9 Å². The summed E-state index contributed by atoms with van der Waals surface area (Å²) >= 11 is 0. The molecule has 2 rings (SSSR count). The van der Waals surface area contributed by atoms with Crippen molar-refractivity contribution in [3.63, 3.8) is 0 Å². The van der Waals surface area contributed by atoms with E-state index < -0.39 is 0 Å². The van der Waals surface area contributed by atoms with Crippen LogP contribution in [-0.4, -0.2) is 52.0 Å². The minimum atomic E-state index is 0. The van der Waals surface area contributed by atoms with Gasteiger partial charge in [-0.1, -0.05) is 44.2 Å². The Kier molecular flexibility index (Phi) is 11.9. The molecule has 6 heteroatoms. The van der Waals surface area contributed by atoms with Crippen LogP contribution in [0.4, 0.5) is 0 Å². The summed E-state index contributed by atoms with van der Waals surface area (Å²) in [5.41, 5.74) is 1.32. The molecule has 1 aliphatic rings. The molecule has 2 N–H and O–H groups in total. The van der Waals surface area contributed by atoms with Crippen LogP contribution in [0.2, 0.25) is 0 Å². The molecule has 27 heavy (non-hydrogen) atoms. The van der Waals surface area contributed by atoms with Gasteiger partial charge in [0.25, 0.3) is 0 Å². The van der Waals surface area contributed by atoms with Crippen LogP contribution in [-0.2, 0) is 14.9 Å². The molecule has 1 saturated heterocycles. The number of rotatable bonds is 10. The molecule has 0 spiro atoms. The summed E-state index contributed by atoms with van der Waals surface area (Å²) in [6, 6.07) is 10.6. The molecular formula is C21H36IN3O2. The molecule has 1 unspecified atom stereocenters. The molecule has 0 bridgehead atoms. The first-order valence-corrected chi connectivity index (χ1v) is 9.85. The Morgan fingerprint density at radius 3 is 2.70 bits per heavy atom. The van der Waals surface area contributed by atoms with Crippen LogP contribution >= 0.6 is 24.0 Å². The van der Waals surface area contributed by atoms with Crippen molar-refractivity contribution in [3.05, 3.63) is 35.9 Å². The van der Waals surface area contributed by atoms with Gasteiger partial charge >= 0.3 is 0 Å². The predicted molar refractivity (Wildman–Crippen MR) is 123 cm³/mol. The Hall–Kier alpha value is -0.860. The highest BCUT2D eigenvalue weighted by Gasteiger charge is 2.20. The summed E-state index contributed by atoms with van der Waals surface area (Å²) in [5.74, 6) is 1.46. The van der Waals surface area contributed by atoms with Crippen LogP contribution in [0, 0.1) is 5.92 Å². The van der Waals surface area contributed by atoms with Gasteiger partial charge in [0, 0.05) is 37.6 Å². The highest BCUT2D eigenvalue weighted by molar-refractivity contribution is 14.0. The molecule has 0 radical (unpaired) electrons. The number of halogens is 1. The van der Waals surface area contributed by atoms with Crippen LogP contribution in [0.5, 0.6) is 0 Å². The van der Waals surface area contributed by atoms with E-state index in [0.717, 1.165) is 64.9 Å². The number of hydrogen-bond acceptors (Lipinski definition) is 3. The van der Waals surface area contributed by atoms with E-state index in [9.17, 15) is 0 Å². The maximum atomic E-state index is 5.75. The van der Waals surface area contributed by atoms with Gasteiger partial charge in [0.05, 0.1) is 19.8 Å². The van der Waals surface area contributed by atoms with Crippen molar-refractivity contribution in [1.29, 1.82) is 0 Å². The number of hydrogen-bond donors (Lipinski definition) is 2. The van der Waals surface area contributed by atoms with Crippen LogP contribution in [0.1, 0.15) is 39.2 Å². The van der Waals surface area contributed by atoms with Gasteiger partial charge in [0.2, 0.25) is 0 Å². The fourth-order valence-corrected chi connectivity index (χ4v) is 2.94. The maximum Gasteiger partial charge on any atom is 0.191 e. The minimum absolute atomic E-state index is 0. The van der Waals surface area contributed by atoms with Gasteiger partial charge in [0.15, 0.2) is 5.96 Å². The monoisotopic (exact) mass is 489 g/mol. The predicted octanol–water partition coefficient (Wildman–Crippen LogP) is 3.58. The molecule has 1 aliphatic heterocycles. The van der Waals surface area contributed by atoms with E-state index in [0.29, 0.717) is 5.92 Å². The van der Waals surface area contributed by atoms with E-state index in [1.165, 1.54) is 5.56 Å². The van der Waals surface area contributed by atoms with Crippen molar-refractivity contribution < 1.29 is 9.47 Å². The fourth-order valence-electron chi connectivity index (χ4n) is 2.94. The van der Waals surface area contributed by atoms with E-state index >= 15 is 0 Å². The summed E-state index contributed by atoms with van der Waals surface area (Å²) in [4.78, 5) is 4.78. The zero-order valence-electron chi connectivity index (χ0n) is 17.0. The second kappa shape index (κ2) is 13.3. The Morgan fingerprint density at radius 1 is 1.26 bits per heavy atom. The van der Waals surface area contributed by atoms with Crippen molar-refractivity contribution in [2.45, 2.75) is 39.0 Å². The molecule has 1 aromatic rings. The molecule has 1 fully saturated rings. The summed E-state index contributed by atoms with van der Waals surface area (Å²) in [5, 5.41) is 6.73. The average molecular weight is 489 g/mol. The zero-order chi connectivity index (χ0) is 18.7. The molecule has 154 valence electrons. The lowest BCUT2D eigenvalue weighted by atomic mass is 9.85. The maximum absolute atomic E-state index is 5.75.